The van der Waals surface area contributed by atoms with Gasteiger partial charge in [0.2, 0.25) is 0 Å². The molecule has 0 fully saturated rings. The minimum atomic E-state index is -0.0961. The lowest BCUT2D eigenvalue weighted by atomic mass is 10.1. The fourth-order valence-corrected chi connectivity index (χ4v) is 0.698. The van der Waals surface area contributed by atoms with Crippen molar-refractivity contribution in [3.05, 3.63) is 30.1 Å². The number of hydrogen-bond donors (Lipinski definition) is 0. The summed E-state index contributed by atoms with van der Waals surface area (Å²) < 4.78 is 0. The average Bonchev–Trinajstić information content (AvgIpc) is 2.05. The molecule has 50 valence electrons. The van der Waals surface area contributed by atoms with Gasteiger partial charge < -0.3 is 0 Å². The molecular weight excluding hydrogens is 124 g/mol. The number of hydrogen-bond acceptors (Lipinski definition) is 2. The molecule has 0 bridgehead atoms. The van der Waals surface area contributed by atoms with Gasteiger partial charge in [0, 0.05) is 6.20 Å². The zero-order valence-electron chi connectivity index (χ0n) is 5.78. The van der Waals surface area contributed by atoms with Crippen LogP contribution in [0.15, 0.2) is 24.4 Å². The van der Waals surface area contributed by atoms with Crippen LogP contribution in [-0.4, -0.2) is 4.98 Å². The first-order valence-electron chi connectivity index (χ1n) is 3.15. The second-order valence-corrected chi connectivity index (χ2v) is 2.11. The number of nitrogens with zero attached hydrogens (tertiary/aromatic N) is 2. The van der Waals surface area contributed by atoms with E-state index in [1.54, 1.807) is 6.20 Å². The molecule has 2 heteroatoms. The standard InChI is InChI=1S/C8H8N2/c1-7(6-9)8-4-2-3-5-10-8/h2-5,7H,1H3. The summed E-state index contributed by atoms with van der Waals surface area (Å²) in [6.45, 7) is 1.84. The van der Waals surface area contributed by atoms with Crippen molar-refractivity contribution >= 4 is 0 Å². The van der Waals surface area contributed by atoms with Crippen LogP contribution < -0.4 is 0 Å². The molecule has 0 aliphatic heterocycles. The van der Waals surface area contributed by atoms with E-state index >= 15 is 0 Å². The molecule has 1 rings (SSSR count). The van der Waals surface area contributed by atoms with Crippen LogP contribution in [0.2, 0.25) is 0 Å². The molecule has 0 radical (unpaired) electrons. The van der Waals surface area contributed by atoms with Gasteiger partial charge in [-0.1, -0.05) is 6.07 Å². The Morgan fingerprint density at radius 1 is 1.60 bits per heavy atom. The van der Waals surface area contributed by atoms with Crippen molar-refractivity contribution in [2.45, 2.75) is 12.8 Å². The average molecular weight is 132 g/mol. The maximum atomic E-state index is 8.50. The van der Waals surface area contributed by atoms with Gasteiger partial charge in [-0.3, -0.25) is 4.98 Å². The van der Waals surface area contributed by atoms with E-state index in [9.17, 15) is 0 Å². The molecule has 0 aromatic carbocycles. The quantitative estimate of drug-likeness (QED) is 0.583. The van der Waals surface area contributed by atoms with Crippen LogP contribution in [-0.2, 0) is 0 Å². The van der Waals surface area contributed by atoms with Gasteiger partial charge >= 0.3 is 0 Å². The molecule has 0 aliphatic carbocycles. The van der Waals surface area contributed by atoms with Crippen molar-refractivity contribution in [3.63, 3.8) is 0 Å². The lowest BCUT2D eigenvalue weighted by Crippen LogP contribution is -1.91. The molecule has 1 aromatic rings. The Kier molecular flexibility index (Phi) is 2.01. The molecule has 0 saturated carbocycles. The Balaban J connectivity index is 2.88. The van der Waals surface area contributed by atoms with E-state index < -0.39 is 0 Å². The van der Waals surface area contributed by atoms with E-state index in [0.29, 0.717) is 0 Å². The van der Waals surface area contributed by atoms with Gasteiger partial charge in [0.15, 0.2) is 0 Å². The Morgan fingerprint density at radius 3 is 2.90 bits per heavy atom. The molecule has 0 spiro atoms. The highest BCUT2D eigenvalue weighted by Crippen LogP contribution is 2.08. The van der Waals surface area contributed by atoms with Crippen molar-refractivity contribution in [2.24, 2.45) is 0 Å². The summed E-state index contributed by atoms with van der Waals surface area (Å²) in [6.07, 6.45) is 1.70. The van der Waals surface area contributed by atoms with Gasteiger partial charge in [-0.15, -0.1) is 0 Å². The van der Waals surface area contributed by atoms with Gasteiger partial charge in [-0.2, -0.15) is 5.26 Å². The molecular formula is C8H8N2. The molecule has 10 heavy (non-hydrogen) atoms. The van der Waals surface area contributed by atoms with Crippen molar-refractivity contribution < 1.29 is 0 Å². The van der Waals surface area contributed by atoms with Crippen molar-refractivity contribution in [3.8, 4) is 6.07 Å². The Labute approximate surface area is 60.1 Å². The first-order chi connectivity index (χ1) is 4.84. The lowest BCUT2D eigenvalue weighted by molar-refractivity contribution is 0.920. The second kappa shape index (κ2) is 2.98. The maximum Gasteiger partial charge on any atom is 0.0856 e. The summed E-state index contributed by atoms with van der Waals surface area (Å²) in [4.78, 5) is 4.03. The van der Waals surface area contributed by atoms with Crippen LogP contribution in [0.5, 0.6) is 0 Å². The fraction of sp³-hybridized carbons (Fsp3) is 0.250. The van der Waals surface area contributed by atoms with E-state index in [0.717, 1.165) is 5.69 Å². The Hall–Kier alpha value is -1.36. The summed E-state index contributed by atoms with van der Waals surface area (Å²) in [5.74, 6) is -0.0961. The summed E-state index contributed by atoms with van der Waals surface area (Å²) in [5, 5.41) is 8.50. The van der Waals surface area contributed by atoms with E-state index in [4.69, 9.17) is 5.26 Å². The number of nitriles is 1. The van der Waals surface area contributed by atoms with Crippen LogP contribution in [0, 0.1) is 11.3 Å². The predicted molar refractivity (Wildman–Crippen MR) is 38.3 cm³/mol. The third kappa shape index (κ3) is 1.32. The Morgan fingerprint density at radius 2 is 2.40 bits per heavy atom. The zero-order valence-corrected chi connectivity index (χ0v) is 5.78. The molecule has 1 unspecified atom stereocenters. The molecule has 0 saturated heterocycles. The number of pyridine rings is 1. The summed E-state index contributed by atoms with van der Waals surface area (Å²) in [7, 11) is 0. The second-order valence-electron chi connectivity index (χ2n) is 2.11. The first-order valence-corrected chi connectivity index (χ1v) is 3.15. The van der Waals surface area contributed by atoms with E-state index in [1.807, 2.05) is 25.1 Å². The lowest BCUT2D eigenvalue weighted by Gasteiger charge is -1.97. The highest BCUT2D eigenvalue weighted by atomic mass is 14.7. The minimum Gasteiger partial charge on any atom is -0.260 e. The molecule has 1 heterocycles. The highest BCUT2D eigenvalue weighted by molar-refractivity contribution is 5.14. The zero-order chi connectivity index (χ0) is 7.40. The van der Waals surface area contributed by atoms with Crippen LogP contribution in [0.25, 0.3) is 0 Å². The Bertz CT molecular complexity index is 235. The van der Waals surface area contributed by atoms with Gasteiger partial charge in [0.25, 0.3) is 0 Å². The summed E-state index contributed by atoms with van der Waals surface area (Å²) in [6, 6.07) is 7.70. The third-order valence-corrected chi connectivity index (χ3v) is 1.33. The summed E-state index contributed by atoms with van der Waals surface area (Å²) >= 11 is 0. The molecule has 1 atom stereocenters. The highest BCUT2D eigenvalue weighted by Gasteiger charge is 2.01. The predicted octanol–water partition coefficient (Wildman–Crippen LogP) is 1.71. The van der Waals surface area contributed by atoms with Gasteiger partial charge in [0.05, 0.1) is 17.7 Å². The van der Waals surface area contributed by atoms with Crippen LogP contribution >= 0.6 is 0 Å². The first kappa shape index (κ1) is 6.76. The van der Waals surface area contributed by atoms with Gasteiger partial charge in [0.1, 0.15) is 0 Å². The topological polar surface area (TPSA) is 36.7 Å². The SMILES string of the molecule is CC(C#N)c1ccccn1. The third-order valence-electron chi connectivity index (χ3n) is 1.33. The van der Waals surface area contributed by atoms with E-state index in [-0.39, 0.29) is 5.92 Å². The van der Waals surface area contributed by atoms with E-state index in [2.05, 4.69) is 11.1 Å². The normalized spacial score (nSPS) is 12.0. The van der Waals surface area contributed by atoms with Gasteiger partial charge in [-0.25, -0.2) is 0 Å². The molecule has 0 N–H and O–H groups in total. The van der Waals surface area contributed by atoms with Crippen molar-refractivity contribution in [1.82, 2.24) is 4.98 Å². The monoisotopic (exact) mass is 132 g/mol. The number of aromatic nitrogens is 1. The van der Waals surface area contributed by atoms with Crippen LogP contribution in [0.1, 0.15) is 18.5 Å². The molecule has 0 amide bonds. The van der Waals surface area contributed by atoms with Crippen molar-refractivity contribution in [1.29, 1.82) is 5.26 Å². The van der Waals surface area contributed by atoms with Crippen LogP contribution in [0.4, 0.5) is 0 Å². The molecule has 1 aromatic heterocycles. The van der Waals surface area contributed by atoms with Gasteiger partial charge in [-0.05, 0) is 19.1 Å². The van der Waals surface area contributed by atoms with Crippen molar-refractivity contribution in [2.75, 3.05) is 0 Å². The maximum absolute atomic E-state index is 8.50. The molecule has 0 aliphatic rings. The fourth-order valence-electron chi connectivity index (χ4n) is 0.698. The van der Waals surface area contributed by atoms with Crippen LogP contribution in [0.3, 0.4) is 0 Å². The minimum absolute atomic E-state index is 0.0961. The summed E-state index contributed by atoms with van der Waals surface area (Å²) in [5.41, 5.74) is 0.838. The molecule has 2 nitrogen and oxygen atoms in total. The smallest absolute Gasteiger partial charge is 0.0856 e. The number of rotatable bonds is 1. The van der Waals surface area contributed by atoms with E-state index in [1.165, 1.54) is 0 Å². The largest absolute Gasteiger partial charge is 0.260 e.